The number of methoxy groups -OCH3 is 2. The number of aromatic nitrogens is 2. The Morgan fingerprint density at radius 2 is 1.86 bits per heavy atom. The summed E-state index contributed by atoms with van der Waals surface area (Å²) < 4.78 is 10.6. The van der Waals surface area contributed by atoms with Gasteiger partial charge in [0.2, 0.25) is 5.91 Å². The Labute approximate surface area is 168 Å². The summed E-state index contributed by atoms with van der Waals surface area (Å²) in [6, 6.07) is 13.2. The number of aromatic amines is 1. The highest BCUT2D eigenvalue weighted by Gasteiger charge is 2.13. The Balaban J connectivity index is 1.56. The molecule has 0 spiro atoms. The molecule has 1 amide bonds. The number of anilines is 1. The van der Waals surface area contributed by atoms with Crippen molar-refractivity contribution in [2.75, 3.05) is 19.5 Å². The highest BCUT2D eigenvalue weighted by atomic mass is 16.5. The maximum absolute atomic E-state index is 12.7. The number of amides is 1. The Bertz CT molecular complexity index is 1130. The zero-order valence-corrected chi connectivity index (χ0v) is 16.5. The average Bonchev–Trinajstić information content (AvgIpc) is 3.18. The number of hydrogen-bond donors (Lipinski definition) is 2. The number of H-pyrrole nitrogens is 1. The van der Waals surface area contributed by atoms with Crippen molar-refractivity contribution in [3.63, 3.8) is 0 Å². The molecule has 0 saturated carbocycles. The third kappa shape index (κ3) is 4.01. The van der Waals surface area contributed by atoms with Crippen molar-refractivity contribution < 1.29 is 14.3 Å². The van der Waals surface area contributed by atoms with E-state index in [4.69, 9.17) is 14.5 Å². The maximum Gasteiger partial charge on any atom is 0.228 e. The van der Waals surface area contributed by atoms with Crippen LogP contribution in [0.3, 0.4) is 0 Å². The number of benzene rings is 2. The van der Waals surface area contributed by atoms with Gasteiger partial charge in [0.1, 0.15) is 5.82 Å². The lowest BCUT2D eigenvalue weighted by Crippen LogP contribution is -2.26. The average molecular weight is 389 g/mol. The number of imidazole rings is 1. The molecule has 6 heteroatoms. The fourth-order valence-electron chi connectivity index (χ4n) is 3.46. The molecular formula is C23H23N3O3. The molecule has 6 nitrogen and oxygen atoms in total. The van der Waals surface area contributed by atoms with Gasteiger partial charge in [0, 0.05) is 5.56 Å². The fourth-order valence-corrected chi connectivity index (χ4v) is 3.46. The Morgan fingerprint density at radius 3 is 2.66 bits per heavy atom. The zero-order valence-electron chi connectivity index (χ0n) is 16.5. The molecule has 1 aromatic heterocycles. The largest absolute Gasteiger partial charge is 0.493 e. The number of para-hydroxylation sites is 1. The summed E-state index contributed by atoms with van der Waals surface area (Å²) >= 11 is 0. The second kappa shape index (κ2) is 8.22. The molecule has 0 fully saturated rings. The first kappa shape index (κ1) is 18.8. The number of rotatable bonds is 6. The Morgan fingerprint density at radius 1 is 1.07 bits per heavy atom. The van der Waals surface area contributed by atoms with Crippen LogP contribution in [0.5, 0.6) is 11.5 Å². The minimum absolute atomic E-state index is 0.112. The van der Waals surface area contributed by atoms with Crippen molar-refractivity contribution in [1.82, 2.24) is 9.97 Å². The Kier molecular flexibility index (Phi) is 5.33. The molecule has 0 unspecified atom stereocenters. The van der Waals surface area contributed by atoms with Gasteiger partial charge in [-0.05, 0) is 42.7 Å². The first-order valence-electron chi connectivity index (χ1n) is 9.54. The number of hydrogen-bond acceptors (Lipinski definition) is 4. The molecule has 0 aliphatic heterocycles. The zero-order chi connectivity index (χ0) is 20.2. The van der Waals surface area contributed by atoms with Crippen LogP contribution in [0.25, 0.3) is 23.5 Å². The lowest BCUT2D eigenvalue weighted by Gasteiger charge is -2.11. The van der Waals surface area contributed by atoms with E-state index in [1.807, 2.05) is 36.4 Å². The molecule has 0 radical (unpaired) electrons. The highest BCUT2D eigenvalue weighted by molar-refractivity contribution is 5.96. The van der Waals surface area contributed by atoms with E-state index in [1.165, 1.54) is 0 Å². The van der Waals surface area contributed by atoms with Gasteiger partial charge in [-0.1, -0.05) is 30.4 Å². The van der Waals surface area contributed by atoms with Gasteiger partial charge in [-0.25, -0.2) is 4.98 Å². The molecule has 1 heterocycles. The van der Waals surface area contributed by atoms with Crippen LogP contribution in [0.4, 0.5) is 5.69 Å². The summed E-state index contributed by atoms with van der Waals surface area (Å²) in [5.74, 6) is 1.88. The molecule has 148 valence electrons. The SMILES string of the molecule is COc1ccc(CC(=O)Nc2ccccc2-c2nc3c([nH]2)=CCCC=3)cc1OC. The minimum Gasteiger partial charge on any atom is -0.493 e. The van der Waals surface area contributed by atoms with Gasteiger partial charge in [-0.15, -0.1) is 0 Å². The van der Waals surface area contributed by atoms with Gasteiger partial charge in [-0.3, -0.25) is 4.79 Å². The van der Waals surface area contributed by atoms with Crippen LogP contribution in [0, 0.1) is 0 Å². The van der Waals surface area contributed by atoms with Gasteiger partial charge in [0.25, 0.3) is 0 Å². The van der Waals surface area contributed by atoms with Crippen LogP contribution in [0.1, 0.15) is 18.4 Å². The predicted molar refractivity (Wildman–Crippen MR) is 113 cm³/mol. The molecule has 1 aliphatic carbocycles. The van der Waals surface area contributed by atoms with Crippen molar-refractivity contribution in [3.8, 4) is 22.9 Å². The molecule has 3 aromatic rings. The van der Waals surface area contributed by atoms with Gasteiger partial charge >= 0.3 is 0 Å². The van der Waals surface area contributed by atoms with E-state index in [9.17, 15) is 4.79 Å². The summed E-state index contributed by atoms with van der Waals surface area (Å²) in [7, 11) is 3.17. The highest BCUT2D eigenvalue weighted by Crippen LogP contribution is 2.28. The van der Waals surface area contributed by atoms with Crippen LogP contribution >= 0.6 is 0 Å². The normalized spacial score (nSPS) is 12.3. The van der Waals surface area contributed by atoms with Crippen molar-refractivity contribution in [3.05, 3.63) is 58.7 Å². The standard InChI is InChI=1S/C23H23N3O3/c1-28-20-12-11-15(13-21(20)29-2)14-22(27)24-17-8-4-3-7-16(17)23-25-18-9-5-6-10-19(18)26-23/h3-4,7-13H,5-6,14H2,1-2H3,(H,24,27)(H,25,26). The number of nitrogens with zero attached hydrogens (tertiary/aromatic N) is 1. The van der Waals surface area contributed by atoms with Gasteiger partial charge in [-0.2, -0.15) is 0 Å². The van der Waals surface area contributed by atoms with E-state index in [0.29, 0.717) is 11.5 Å². The monoisotopic (exact) mass is 389 g/mol. The lowest BCUT2D eigenvalue weighted by atomic mass is 10.1. The Hall–Kier alpha value is -3.54. The third-order valence-corrected chi connectivity index (χ3v) is 4.88. The summed E-state index contributed by atoms with van der Waals surface area (Å²) in [5, 5.41) is 5.02. The fraction of sp³-hybridized carbons (Fsp3) is 0.217. The number of carbonyl (C=O) groups excluding carboxylic acids is 1. The smallest absolute Gasteiger partial charge is 0.228 e. The molecular weight excluding hydrogens is 366 g/mol. The second-order valence-electron chi connectivity index (χ2n) is 6.83. The number of ether oxygens (including phenoxy) is 2. The van der Waals surface area contributed by atoms with Crippen molar-refractivity contribution in [2.24, 2.45) is 0 Å². The van der Waals surface area contributed by atoms with Gasteiger partial charge in [0.05, 0.1) is 37.0 Å². The molecule has 2 N–H and O–H groups in total. The van der Waals surface area contributed by atoms with Crippen molar-refractivity contribution in [1.29, 1.82) is 0 Å². The van der Waals surface area contributed by atoms with E-state index < -0.39 is 0 Å². The number of carbonyl (C=O) groups is 1. The van der Waals surface area contributed by atoms with E-state index in [1.54, 1.807) is 20.3 Å². The molecule has 29 heavy (non-hydrogen) atoms. The van der Waals surface area contributed by atoms with Gasteiger partial charge in [0.15, 0.2) is 11.5 Å². The number of fused-ring (bicyclic) bond motifs is 1. The first-order valence-corrected chi connectivity index (χ1v) is 9.54. The van der Waals surface area contributed by atoms with Crippen LogP contribution in [0.2, 0.25) is 0 Å². The third-order valence-electron chi connectivity index (χ3n) is 4.88. The summed E-state index contributed by atoms with van der Waals surface area (Å²) in [5.41, 5.74) is 2.43. The summed E-state index contributed by atoms with van der Waals surface area (Å²) in [6.07, 6.45) is 6.53. The van der Waals surface area contributed by atoms with E-state index in [0.717, 1.165) is 46.2 Å². The van der Waals surface area contributed by atoms with E-state index >= 15 is 0 Å². The van der Waals surface area contributed by atoms with Gasteiger partial charge < -0.3 is 19.8 Å². The second-order valence-corrected chi connectivity index (χ2v) is 6.83. The maximum atomic E-state index is 12.7. The van der Waals surface area contributed by atoms with E-state index in [-0.39, 0.29) is 12.3 Å². The first-order chi connectivity index (χ1) is 14.2. The molecule has 2 aromatic carbocycles. The topological polar surface area (TPSA) is 76.2 Å². The van der Waals surface area contributed by atoms with E-state index in [2.05, 4.69) is 22.5 Å². The summed E-state index contributed by atoms with van der Waals surface area (Å²) in [6.45, 7) is 0. The lowest BCUT2D eigenvalue weighted by molar-refractivity contribution is -0.115. The van der Waals surface area contributed by atoms with Crippen LogP contribution < -0.4 is 25.5 Å². The molecule has 0 bridgehead atoms. The molecule has 1 aliphatic rings. The predicted octanol–water partition coefficient (Wildman–Crippen LogP) is 2.63. The molecule has 0 saturated heterocycles. The molecule has 0 atom stereocenters. The van der Waals surface area contributed by atoms with Crippen molar-refractivity contribution >= 4 is 23.7 Å². The van der Waals surface area contributed by atoms with Crippen LogP contribution in [-0.2, 0) is 11.2 Å². The van der Waals surface area contributed by atoms with Crippen molar-refractivity contribution in [2.45, 2.75) is 19.3 Å². The van der Waals surface area contributed by atoms with Crippen LogP contribution in [0.15, 0.2) is 42.5 Å². The minimum atomic E-state index is -0.112. The quantitative estimate of drug-likeness (QED) is 0.680. The van der Waals surface area contributed by atoms with Crippen LogP contribution in [-0.4, -0.2) is 30.1 Å². The number of nitrogens with one attached hydrogen (secondary N) is 2. The molecule has 4 rings (SSSR count). The summed E-state index contributed by atoms with van der Waals surface area (Å²) in [4.78, 5) is 20.7.